The molecule has 7 heteroatoms. The fourth-order valence-corrected chi connectivity index (χ4v) is 3.15. The zero-order chi connectivity index (χ0) is 21.8. The number of hydrogen-bond donors (Lipinski definition) is 1. The van der Waals surface area contributed by atoms with E-state index < -0.39 is 0 Å². The summed E-state index contributed by atoms with van der Waals surface area (Å²) in [6, 6.07) is 11.2. The topological polar surface area (TPSA) is 69.2 Å². The maximum Gasteiger partial charge on any atom is 0.277 e. The van der Waals surface area contributed by atoms with Crippen LogP contribution in [-0.2, 0) is 11.2 Å². The van der Waals surface area contributed by atoms with Gasteiger partial charge in [-0.25, -0.2) is 5.43 Å². The Balaban J connectivity index is 1.86. The number of carbonyl (C=O) groups excluding carboxylic acids is 1. The summed E-state index contributed by atoms with van der Waals surface area (Å²) < 4.78 is 17.8. The molecule has 6 nitrogen and oxygen atoms in total. The van der Waals surface area contributed by atoms with Crippen molar-refractivity contribution < 1.29 is 19.0 Å². The summed E-state index contributed by atoms with van der Waals surface area (Å²) in [6.45, 7) is 4.74. The van der Waals surface area contributed by atoms with Crippen LogP contribution < -0.4 is 19.6 Å². The molecule has 0 bridgehead atoms. The lowest BCUT2D eigenvalue weighted by molar-refractivity contribution is -0.123. The zero-order valence-corrected chi connectivity index (χ0v) is 19.3. The molecule has 0 saturated carbocycles. The van der Waals surface area contributed by atoms with Gasteiger partial charge in [0.15, 0.2) is 18.1 Å². The zero-order valence-electron chi connectivity index (χ0n) is 17.7. The highest BCUT2D eigenvalue weighted by atomic mass is 79.9. The van der Waals surface area contributed by atoms with E-state index in [0.29, 0.717) is 23.9 Å². The highest BCUT2D eigenvalue weighted by molar-refractivity contribution is 9.10. The molecule has 0 aliphatic rings. The Bertz CT molecular complexity index is 855. The van der Waals surface area contributed by atoms with Crippen LogP contribution in [0.5, 0.6) is 17.2 Å². The predicted molar refractivity (Wildman–Crippen MR) is 123 cm³/mol. The summed E-state index contributed by atoms with van der Waals surface area (Å²) in [5.41, 5.74) is 4.29. The SMILES string of the molecule is CCCCCOc1ccc(/C=N/NC(=O)COc2ccc(Br)cc2CC)cc1OC. The van der Waals surface area contributed by atoms with Crippen molar-refractivity contribution in [1.29, 1.82) is 0 Å². The summed E-state index contributed by atoms with van der Waals surface area (Å²) in [7, 11) is 1.60. The molecule has 2 rings (SSSR count). The molecule has 0 heterocycles. The van der Waals surface area contributed by atoms with Crippen LogP contribution in [0, 0.1) is 0 Å². The number of methoxy groups -OCH3 is 1. The number of amides is 1. The number of halogens is 1. The maximum atomic E-state index is 12.0. The Hall–Kier alpha value is -2.54. The van der Waals surface area contributed by atoms with Crippen LogP contribution in [0.15, 0.2) is 46.0 Å². The van der Waals surface area contributed by atoms with E-state index in [0.717, 1.165) is 41.3 Å². The van der Waals surface area contributed by atoms with Gasteiger partial charge >= 0.3 is 0 Å². The van der Waals surface area contributed by atoms with Gasteiger partial charge in [0.1, 0.15) is 5.75 Å². The molecule has 162 valence electrons. The van der Waals surface area contributed by atoms with Crippen molar-refractivity contribution in [3.8, 4) is 17.2 Å². The maximum absolute atomic E-state index is 12.0. The molecule has 0 fully saturated rings. The summed E-state index contributed by atoms with van der Waals surface area (Å²) in [6.07, 6.45) is 5.66. The highest BCUT2D eigenvalue weighted by Crippen LogP contribution is 2.28. The molecule has 0 atom stereocenters. The number of nitrogens with zero attached hydrogens (tertiary/aromatic N) is 1. The van der Waals surface area contributed by atoms with Gasteiger partial charge in [0.2, 0.25) is 0 Å². The van der Waals surface area contributed by atoms with E-state index in [4.69, 9.17) is 14.2 Å². The number of hydrazone groups is 1. The van der Waals surface area contributed by atoms with Crippen LogP contribution in [0.25, 0.3) is 0 Å². The fraction of sp³-hybridized carbons (Fsp3) is 0.391. The van der Waals surface area contributed by atoms with Crippen LogP contribution in [-0.4, -0.2) is 32.4 Å². The number of carbonyl (C=O) groups is 1. The van der Waals surface area contributed by atoms with Gasteiger partial charge in [-0.3, -0.25) is 4.79 Å². The van der Waals surface area contributed by atoms with E-state index in [2.05, 4.69) is 33.4 Å². The third-order valence-electron chi connectivity index (χ3n) is 4.36. The van der Waals surface area contributed by atoms with Crippen molar-refractivity contribution in [3.05, 3.63) is 52.0 Å². The summed E-state index contributed by atoms with van der Waals surface area (Å²) in [5, 5.41) is 3.99. The van der Waals surface area contributed by atoms with E-state index in [1.165, 1.54) is 0 Å². The minimum atomic E-state index is -0.334. The molecule has 0 saturated heterocycles. The largest absolute Gasteiger partial charge is 0.493 e. The van der Waals surface area contributed by atoms with Gasteiger partial charge in [-0.2, -0.15) is 5.10 Å². The molecule has 0 spiro atoms. The van der Waals surface area contributed by atoms with Crippen LogP contribution >= 0.6 is 15.9 Å². The van der Waals surface area contributed by atoms with Crippen LogP contribution in [0.4, 0.5) is 0 Å². The minimum Gasteiger partial charge on any atom is -0.493 e. The third kappa shape index (κ3) is 7.71. The Kier molecular flexibility index (Phi) is 10.2. The summed E-state index contributed by atoms with van der Waals surface area (Å²) in [5.74, 6) is 1.69. The molecular formula is C23H29BrN2O4. The smallest absolute Gasteiger partial charge is 0.277 e. The number of ether oxygens (including phenoxy) is 3. The van der Waals surface area contributed by atoms with Gasteiger partial charge in [0.25, 0.3) is 5.91 Å². The van der Waals surface area contributed by atoms with Crippen LogP contribution in [0.1, 0.15) is 44.2 Å². The first-order valence-electron chi connectivity index (χ1n) is 10.1. The average molecular weight is 477 g/mol. The molecule has 0 aliphatic carbocycles. The molecule has 30 heavy (non-hydrogen) atoms. The van der Waals surface area contributed by atoms with Gasteiger partial charge in [0, 0.05) is 4.47 Å². The fourth-order valence-electron chi connectivity index (χ4n) is 2.74. The molecule has 0 unspecified atom stereocenters. The molecule has 2 aromatic carbocycles. The number of rotatable bonds is 12. The normalized spacial score (nSPS) is 10.8. The standard InChI is InChI=1S/C23H29BrN2O4/c1-4-6-7-12-29-21-10-8-17(13-22(21)28-3)15-25-26-23(27)16-30-20-11-9-19(24)14-18(20)5-2/h8-11,13-15H,4-7,12,16H2,1-3H3,(H,26,27)/b25-15+. The second-order valence-electron chi connectivity index (χ2n) is 6.65. The van der Waals surface area contributed by atoms with Crippen molar-refractivity contribution in [2.24, 2.45) is 5.10 Å². The van der Waals surface area contributed by atoms with E-state index in [9.17, 15) is 4.79 Å². The lowest BCUT2D eigenvalue weighted by Gasteiger charge is -2.11. The first-order valence-corrected chi connectivity index (χ1v) is 10.9. The Labute approximate surface area is 186 Å². The molecule has 0 aliphatic heterocycles. The minimum absolute atomic E-state index is 0.111. The summed E-state index contributed by atoms with van der Waals surface area (Å²) in [4.78, 5) is 12.0. The van der Waals surface area contributed by atoms with Gasteiger partial charge in [0.05, 0.1) is 19.9 Å². The number of hydrogen-bond acceptors (Lipinski definition) is 5. The Morgan fingerprint density at radius 2 is 1.87 bits per heavy atom. The van der Waals surface area contributed by atoms with Gasteiger partial charge in [-0.1, -0.05) is 42.6 Å². The molecule has 2 aromatic rings. The average Bonchev–Trinajstić information content (AvgIpc) is 2.76. The molecule has 1 amide bonds. The third-order valence-corrected chi connectivity index (χ3v) is 4.85. The predicted octanol–water partition coefficient (Wildman–Crippen LogP) is 5.12. The first-order chi connectivity index (χ1) is 14.6. The van der Waals surface area contributed by atoms with Gasteiger partial charge < -0.3 is 14.2 Å². The Morgan fingerprint density at radius 1 is 1.07 bits per heavy atom. The molecular weight excluding hydrogens is 448 g/mol. The molecule has 1 N–H and O–H groups in total. The van der Waals surface area contributed by atoms with Crippen molar-refractivity contribution in [2.45, 2.75) is 39.5 Å². The van der Waals surface area contributed by atoms with Gasteiger partial charge in [-0.15, -0.1) is 0 Å². The number of aryl methyl sites for hydroxylation is 1. The lowest BCUT2D eigenvalue weighted by Crippen LogP contribution is -2.24. The van der Waals surface area contributed by atoms with E-state index in [1.807, 2.05) is 43.3 Å². The molecule has 0 aromatic heterocycles. The quantitative estimate of drug-likeness (QED) is 0.262. The van der Waals surface area contributed by atoms with Crippen LogP contribution in [0.3, 0.4) is 0 Å². The van der Waals surface area contributed by atoms with Crippen molar-refractivity contribution in [2.75, 3.05) is 20.3 Å². The Morgan fingerprint density at radius 3 is 2.60 bits per heavy atom. The monoisotopic (exact) mass is 476 g/mol. The van der Waals surface area contributed by atoms with Gasteiger partial charge in [-0.05, 0) is 60.4 Å². The van der Waals surface area contributed by atoms with E-state index in [1.54, 1.807) is 13.3 Å². The van der Waals surface area contributed by atoms with Crippen molar-refractivity contribution >= 4 is 28.1 Å². The van der Waals surface area contributed by atoms with Crippen molar-refractivity contribution in [1.82, 2.24) is 5.43 Å². The second kappa shape index (κ2) is 12.9. The first kappa shape index (κ1) is 23.7. The van der Waals surface area contributed by atoms with E-state index in [-0.39, 0.29) is 12.5 Å². The summed E-state index contributed by atoms with van der Waals surface area (Å²) >= 11 is 3.44. The second-order valence-corrected chi connectivity index (χ2v) is 7.57. The number of unbranched alkanes of at least 4 members (excludes halogenated alkanes) is 2. The highest BCUT2D eigenvalue weighted by Gasteiger charge is 2.07. The van der Waals surface area contributed by atoms with Crippen molar-refractivity contribution in [3.63, 3.8) is 0 Å². The van der Waals surface area contributed by atoms with Crippen LogP contribution in [0.2, 0.25) is 0 Å². The van der Waals surface area contributed by atoms with E-state index >= 15 is 0 Å². The number of benzene rings is 2. The lowest BCUT2D eigenvalue weighted by atomic mass is 10.1. The molecule has 0 radical (unpaired) electrons. The number of nitrogens with one attached hydrogen (secondary N) is 1.